The number of para-hydroxylation sites is 2. The lowest BCUT2D eigenvalue weighted by Gasteiger charge is -2.26. The molecule has 0 radical (unpaired) electrons. The number of ether oxygens (including phenoxy) is 4. The molecular weight excluding hydrogens is 1280 g/mol. The lowest BCUT2D eigenvalue weighted by Crippen LogP contribution is -2.31. The quantitative estimate of drug-likeness (QED) is 0.0886. The molecule has 8 amide bonds. The number of benzene rings is 11. The average Bonchev–Trinajstić information content (AvgIpc) is 1.61. The number of fused-ring (bicyclic) bond motifs is 4. The molecular formula is C86H68N4O12. The summed E-state index contributed by atoms with van der Waals surface area (Å²) in [6, 6.07) is 68.8. The topological polar surface area (TPSA) is 186 Å². The van der Waals surface area contributed by atoms with E-state index in [9.17, 15) is 38.4 Å². The fourth-order valence-corrected chi connectivity index (χ4v) is 13.7. The van der Waals surface area contributed by atoms with Crippen molar-refractivity contribution in [3.8, 4) is 40.2 Å². The van der Waals surface area contributed by atoms with E-state index in [0.717, 1.165) is 60.1 Å². The van der Waals surface area contributed by atoms with Gasteiger partial charge < -0.3 is 18.9 Å². The van der Waals surface area contributed by atoms with Gasteiger partial charge in [0.2, 0.25) is 0 Å². The van der Waals surface area contributed by atoms with E-state index in [1.807, 2.05) is 156 Å². The summed E-state index contributed by atoms with van der Waals surface area (Å²) in [5.41, 5.74) is 12.1. The molecule has 0 fully saturated rings. The fraction of sp³-hybridized carbons (Fsp3) is 0.140. The van der Waals surface area contributed by atoms with E-state index in [4.69, 9.17) is 18.9 Å². The van der Waals surface area contributed by atoms with E-state index < -0.39 is 29.0 Å². The van der Waals surface area contributed by atoms with Gasteiger partial charge in [-0.1, -0.05) is 130 Å². The molecule has 16 nitrogen and oxygen atoms in total. The van der Waals surface area contributed by atoms with Crippen LogP contribution in [-0.4, -0.2) is 54.4 Å². The van der Waals surface area contributed by atoms with Crippen LogP contribution in [0.25, 0.3) is 0 Å². The molecule has 0 saturated carbocycles. The van der Waals surface area contributed by atoms with Crippen molar-refractivity contribution in [2.45, 2.75) is 73.1 Å². The van der Waals surface area contributed by atoms with Gasteiger partial charge >= 0.3 is 0 Å². The first kappa shape index (κ1) is 66.4. The molecule has 4 aliphatic rings. The molecule has 4 heterocycles. The van der Waals surface area contributed by atoms with Crippen LogP contribution in [0.5, 0.6) is 40.2 Å². The zero-order valence-corrected chi connectivity index (χ0v) is 57.6. The summed E-state index contributed by atoms with van der Waals surface area (Å²) in [4.78, 5) is 112. The molecule has 4 aliphatic heterocycles. The van der Waals surface area contributed by atoms with Gasteiger partial charge in [-0.2, -0.15) is 0 Å². The van der Waals surface area contributed by atoms with E-state index in [-0.39, 0.29) is 51.5 Å². The number of hydrogen-bond donors (Lipinski definition) is 0. The van der Waals surface area contributed by atoms with Crippen LogP contribution in [0.15, 0.2) is 231 Å². The third-order valence-electron chi connectivity index (χ3n) is 19.5. The highest BCUT2D eigenvalue weighted by atomic mass is 16.5. The molecule has 0 N–H and O–H groups in total. The van der Waals surface area contributed by atoms with E-state index in [1.54, 1.807) is 92.0 Å². The Morgan fingerprint density at radius 2 is 0.510 bits per heavy atom. The van der Waals surface area contributed by atoms with Crippen molar-refractivity contribution in [1.29, 1.82) is 0 Å². The van der Waals surface area contributed by atoms with Crippen molar-refractivity contribution in [3.63, 3.8) is 0 Å². The molecule has 15 rings (SSSR count). The van der Waals surface area contributed by atoms with Gasteiger partial charge in [0, 0.05) is 10.8 Å². The summed E-state index contributed by atoms with van der Waals surface area (Å²) in [5.74, 6) is 0.465. The van der Waals surface area contributed by atoms with Crippen LogP contribution in [-0.2, 0) is 10.8 Å². The molecule has 0 saturated heterocycles. The Labute approximate surface area is 589 Å². The minimum absolute atomic E-state index is 0.166. The molecule has 0 aromatic heterocycles. The average molecular weight is 1350 g/mol. The van der Waals surface area contributed by atoms with E-state index in [0.29, 0.717) is 79.3 Å². The number of carbonyl (C=O) groups is 8. The number of rotatable bonds is 15. The Morgan fingerprint density at radius 1 is 0.255 bits per heavy atom. The highest BCUT2D eigenvalue weighted by molar-refractivity contribution is 6.38. The van der Waals surface area contributed by atoms with Gasteiger partial charge in [0.1, 0.15) is 40.2 Å². The maximum absolute atomic E-state index is 13.8. The van der Waals surface area contributed by atoms with E-state index in [2.05, 4.69) is 39.8 Å². The number of anilines is 4. The van der Waals surface area contributed by atoms with Gasteiger partial charge in [0.05, 0.1) is 74.4 Å². The van der Waals surface area contributed by atoms with Gasteiger partial charge in [-0.15, -0.1) is 0 Å². The predicted octanol–water partition coefficient (Wildman–Crippen LogP) is 18.2. The Morgan fingerprint density at radius 3 is 0.833 bits per heavy atom. The standard InChI is InChI=1S/C54H39N3O8.C32H29NO4/c1-30-12-23-41-44(26-30)51(61)55(48(41)58)35-10-7-11-36(27-35)56-49(59)42-24-21-39(28-45(42)52(56)62)64-37-17-13-33(14-18-37)54(4,5)34-15-19-38(20-16-34)65-40-22-25-43-46(29-40)53(63)57(50(43)60)47-31(2)8-6-9-32(47)3;1-20-7-6-8-21(2)29(20)33-30(34)27-18-17-26(19-28(27)31(33)35)37-25-15-11-23(12-16-25)32(3,4)22-9-13-24(36-5)14-10-22/h6-29H,1-5H3;6-19H,1-5H3. The predicted molar refractivity (Wildman–Crippen MR) is 390 cm³/mol. The third kappa shape index (κ3) is 11.7. The summed E-state index contributed by atoms with van der Waals surface area (Å²) in [7, 11) is 1.66. The minimum atomic E-state index is -0.557. The van der Waals surface area contributed by atoms with Gasteiger partial charge in [-0.3, -0.25) is 38.4 Å². The Kier molecular flexibility index (Phi) is 16.8. The molecule has 0 spiro atoms. The number of imide groups is 4. The zero-order chi connectivity index (χ0) is 71.8. The molecule has 16 heteroatoms. The van der Waals surface area contributed by atoms with Crippen LogP contribution in [0, 0.1) is 34.6 Å². The summed E-state index contributed by atoms with van der Waals surface area (Å²) < 4.78 is 23.7. The summed E-state index contributed by atoms with van der Waals surface area (Å²) >= 11 is 0. The first-order valence-electron chi connectivity index (χ1n) is 33.2. The van der Waals surface area contributed by atoms with Crippen molar-refractivity contribution in [2.24, 2.45) is 0 Å². The van der Waals surface area contributed by atoms with Crippen molar-refractivity contribution < 1.29 is 57.3 Å². The molecule has 0 atom stereocenters. The van der Waals surface area contributed by atoms with Crippen LogP contribution in [0.3, 0.4) is 0 Å². The van der Waals surface area contributed by atoms with Gasteiger partial charge in [-0.25, -0.2) is 19.6 Å². The number of methoxy groups -OCH3 is 1. The van der Waals surface area contributed by atoms with Crippen LogP contribution in [0.4, 0.5) is 22.7 Å². The smallest absolute Gasteiger partial charge is 0.266 e. The summed E-state index contributed by atoms with van der Waals surface area (Å²) in [6.07, 6.45) is 0. The number of amides is 8. The monoisotopic (exact) mass is 1350 g/mol. The zero-order valence-electron chi connectivity index (χ0n) is 57.6. The van der Waals surface area contributed by atoms with Crippen molar-refractivity contribution >= 4 is 70.0 Å². The number of hydrogen-bond acceptors (Lipinski definition) is 12. The van der Waals surface area contributed by atoms with Crippen molar-refractivity contribution in [2.75, 3.05) is 26.7 Å². The molecule has 504 valence electrons. The highest BCUT2D eigenvalue weighted by Crippen LogP contribution is 2.42. The van der Waals surface area contributed by atoms with E-state index in [1.165, 1.54) is 27.5 Å². The Hall–Kier alpha value is -12.8. The molecule has 11 aromatic carbocycles. The van der Waals surface area contributed by atoms with Crippen LogP contribution >= 0.6 is 0 Å². The van der Waals surface area contributed by atoms with Gasteiger partial charge in [0.25, 0.3) is 47.3 Å². The summed E-state index contributed by atoms with van der Waals surface area (Å²) in [6.45, 7) is 18.0. The second-order valence-electron chi connectivity index (χ2n) is 26.8. The number of aryl methyl sites for hydroxylation is 5. The first-order valence-corrected chi connectivity index (χ1v) is 33.2. The van der Waals surface area contributed by atoms with Crippen molar-refractivity contribution in [1.82, 2.24) is 0 Å². The molecule has 0 bridgehead atoms. The third-order valence-corrected chi connectivity index (χ3v) is 19.5. The molecule has 0 aliphatic carbocycles. The van der Waals surface area contributed by atoms with Crippen LogP contribution < -0.4 is 38.5 Å². The van der Waals surface area contributed by atoms with Crippen LogP contribution in [0.2, 0.25) is 0 Å². The molecule has 0 unspecified atom stereocenters. The number of carbonyl (C=O) groups excluding carboxylic acids is 8. The number of nitrogens with zero attached hydrogens (tertiary/aromatic N) is 4. The first-order chi connectivity index (χ1) is 48.9. The summed E-state index contributed by atoms with van der Waals surface area (Å²) in [5, 5.41) is 0. The normalized spacial score (nSPS) is 13.9. The fourth-order valence-electron chi connectivity index (χ4n) is 13.7. The molecule has 11 aromatic rings. The van der Waals surface area contributed by atoms with E-state index >= 15 is 0 Å². The highest BCUT2D eigenvalue weighted by Gasteiger charge is 2.43. The second-order valence-corrected chi connectivity index (χ2v) is 26.8. The van der Waals surface area contributed by atoms with Crippen LogP contribution in [0.1, 0.15) is 161 Å². The Balaban J connectivity index is 0.000000202. The van der Waals surface area contributed by atoms with Gasteiger partial charge in [0.15, 0.2) is 0 Å². The minimum Gasteiger partial charge on any atom is -0.497 e. The largest absolute Gasteiger partial charge is 0.497 e. The van der Waals surface area contributed by atoms with Gasteiger partial charge in [-0.05, 0) is 213 Å². The lowest BCUT2D eigenvalue weighted by molar-refractivity contribution is 0.0909. The Bertz CT molecular complexity index is 5330. The second kappa shape index (κ2) is 25.8. The maximum Gasteiger partial charge on any atom is 0.266 e. The molecule has 102 heavy (non-hydrogen) atoms. The van der Waals surface area contributed by atoms with Crippen molar-refractivity contribution in [3.05, 3.63) is 325 Å². The lowest BCUT2D eigenvalue weighted by atomic mass is 9.78. The maximum atomic E-state index is 13.8. The SMILES string of the molecule is COc1ccc(C(C)(C)c2ccc(Oc3ccc4c(c3)C(=O)N(c3c(C)cccc3C)C4=O)cc2)cc1.Cc1ccc2c(c1)C(=O)N(c1cccc(N3C(=O)c4ccc(Oc5ccc(C(C)(C)c6ccc(Oc7ccc8c(c7)C(=O)N(c7c(C)cccc7C)C8=O)cc6)cc5)cc4C3=O)c1)C2=O.